The molecule has 0 radical (unpaired) electrons. The SMILES string of the molecule is CCc1ccc2c(c1N1CCC1)CCNCC21OC(=O)CCC(=O)O1. The van der Waals surface area contributed by atoms with E-state index in [0.29, 0.717) is 6.54 Å². The molecule has 3 heterocycles. The smallest absolute Gasteiger partial charge is 0.309 e. The van der Waals surface area contributed by atoms with Gasteiger partial charge in [0.2, 0.25) is 0 Å². The van der Waals surface area contributed by atoms with Crippen LogP contribution in [0.1, 0.15) is 42.9 Å². The van der Waals surface area contributed by atoms with Crippen molar-refractivity contribution in [1.29, 1.82) is 0 Å². The first-order valence-electron chi connectivity index (χ1n) is 9.17. The molecule has 2 saturated heterocycles. The van der Waals surface area contributed by atoms with Crippen molar-refractivity contribution < 1.29 is 19.1 Å². The lowest BCUT2D eigenvalue weighted by Crippen LogP contribution is -2.44. The molecule has 4 rings (SSSR count). The Hall–Kier alpha value is -2.08. The number of anilines is 1. The number of benzene rings is 1. The Bertz CT molecular complexity index is 694. The Labute approximate surface area is 147 Å². The van der Waals surface area contributed by atoms with E-state index in [1.807, 2.05) is 6.07 Å². The Balaban J connectivity index is 1.88. The number of carbonyl (C=O) groups excluding carboxylic acids is 2. The van der Waals surface area contributed by atoms with Gasteiger partial charge in [-0.2, -0.15) is 0 Å². The molecular weight excluding hydrogens is 320 g/mol. The number of hydrogen-bond acceptors (Lipinski definition) is 6. The quantitative estimate of drug-likeness (QED) is 0.823. The molecule has 1 aromatic carbocycles. The standard InChI is InChI=1S/C19H24N2O4/c1-2-13-4-5-15-14(18(13)21-10-3-11-21)8-9-20-12-19(15)24-16(22)6-7-17(23)25-19/h4-5,20H,2-3,6-12H2,1H3. The third-order valence-electron chi connectivity index (χ3n) is 5.33. The predicted molar refractivity (Wildman–Crippen MR) is 92.3 cm³/mol. The van der Waals surface area contributed by atoms with Crippen LogP contribution in [-0.4, -0.2) is 38.1 Å². The minimum atomic E-state index is -1.34. The lowest BCUT2D eigenvalue weighted by atomic mass is 9.91. The van der Waals surface area contributed by atoms with Crippen LogP contribution in [0.25, 0.3) is 0 Å². The highest BCUT2D eigenvalue weighted by Gasteiger charge is 2.46. The Morgan fingerprint density at radius 2 is 1.84 bits per heavy atom. The first-order chi connectivity index (χ1) is 12.1. The van der Waals surface area contributed by atoms with Crippen molar-refractivity contribution in [2.75, 3.05) is 31.1 Å². The molecule has 0 aliphatic carbocycles. The van der Waals surface area contributed by atoms with Gasteiger partial charge in [0, 0.05) is 24.3 Å². The summed E-state index contributed by atoms with van der Waals surface area (Å²) in [7, 11) is 0. The van der Waals surface area contributed by atoms with Gasteiger partial charge in [0.05, 0.1) is 19.4 Å². The molecule has 1 spiro atoms. The Morgan fingerprint density at radius 3 is 2.44 bits per heavy atom. The molecule has 0 amide bonds. The number of nitrogens with one attached hydrogen (secondary N) is 1. The number of hydrogen-bond donors (Lipinski definition) is 1. The summed E-state index contributed by atoms with van der Waals surface area (Å²) in [6, 6.07) is 4.07. The van der Waals surface area contributed by atoms with Crippen molar-refractivity contribution in [1.82, 2.24) is 5.32 Å². The van der Waals surface area contributed by atoms with Crippen LogP contribution in [0.4, 0.5) is 5.69 Å². The molecule has 1 aromatic rings. The Morgan fingerprint density at radius 1 is 1.12 bits per heavy atom. The largest absolute Gasteiger partial charge is 0.416 e. The number of aryl methyl sites for hydroxylation is 1. The van der Waals surface area contributed by atoms with Gasteiger partial charge in [0.15, 0.2) is 0 Å². The maximum atomic E-state index is 12.1. The van der Waals surface area contributed by atoms with Gasteiger partial charge >= 0.3 is 11.9 Å². The zero-order valence-electron chi connectivity index (χ0n) is 14.6. The molecule has 0 atom stereocenters. The number of carbonyl (C=O) groups is 2. The van der Waals surface area contributed by atoms with Gasteiger partial charge in [-0.1, -0.05) is 19.1 Å². The molecule has 3 aliphatic heterocycles. The summed E-state index contributed by atoms with van der Waals surface area (Å²) in [5.74, 6) is -2.11. The highest BCUT2D eigenvalue weighted by molar-refractivity contribution is 5.80. The third-order valence-corrected chi connectivity index (χ3v) is 5.33. The molecule has 0 unspecified atom stereocenters. The number of ether oxygens (including phenoxy) is 2. The topological polar surface area (TPSA) is 67.9 Å². The van der Waals surface area contributed by atoms with Crippen LogP contribution in [0.5, 0.6) is 0 Å². The number of nitrogens with zero attached hydrogens (tertiary/aromatic N) is 1. The van der Waals surface area contributed by atoms with Gasteiger partial charge in [-0.05, 0) is 36.9 Å². The summed E-state index contributed by atoms with van der Waals surface area (Å²) in [6.07, 6.45) is 3.11. The molecule has 0 saturated carbocycles. The highest BCUT2D eigenvalue weighted by Crippen LogP contribution is 2.41. The van der Waals surface area contributed by atoms with Crippen LogP contribution in [0.3, 0.4) is 0 Å². The maximum Gasteiger partial charge on any atom is 0.309 e. The fraction of sp³-hybridized carbons (Fsp3) is 0.579. The van der Waals surface area contributed by atoms with E-state index in [9.17, 15) is 9.59 Å². The fourth-order valence-electron chi connectivity index (χ4n) is 3.95. The first kappa shape index (κ1) is 16.4. The molecule has 1 N–H and O–H groups in total. The molecule has 2 fully saturated rings. The van der Waals surface area contributed by atoms with Crippen molar-refractivity contribution in [2.45, 2.75) is 44.8 Å². The highest BCUT2D eigenvalue weighted by atomic mass is 16.7. The van der Waals surface area contributed by atoms with Gasteiger partial charge in [-0.15, -0.1) is 0 Å². The van der Waals surface area contributed by atoms with E-state index < -0.39 is 5.79 Å². The van der Waals surface area contributed by atoms with E-state index in [1.54, 1.807) is 0 Å². The van der Waals surface area contributed by atoms with Crippen LogP contribution >= 0.6 is 0 Å². The molecule has 6 nitrogen and oxygen atoms in total. The summed E-state index contributed by atoms with van der Waals surface area (Å²) in [5, 5.41) is 3.29. The van der Waals surface area contributed by atoms with Crippen LogP contribution in [0.15, 0.2) is 12.1 Å². The van der Waals surface area contributed by atoms with Crippen LogP contribution in [0, 0.1) is 0 Å². The van der Waals surface area contributed by atoms with E-state index in [0.717, 1.165) is 43.6 Å². The van der Waals surface area contributed by atoms with E-state index in [1.165, 1.54) is 17.7 Å². The summed E-state index contributed by atoms with van der Waals surface area (Å²) >= 11 is 0. The van der Waals surface area contributed by atoms with Gasteiger partial charge in [0.25, 0.3) is 5.79 Å². The minimum absolute atomic E-state index is 0.0714. The zero-order chi connectivity index (χ0) is 17.4. The summed E-state index contributed by atoms with van der Waals surface area (Å²) in [6.45, 7) is 5.30. The summed E-state index contributed by atoms with van der Waals surface area (Å²) < 4.78 is 11.4. The summed E-state index contributed by atoms with van der Waals surface area (Å²) in [5.41, 5.74) is 4.50. The summed E-state index contributed by atoms with van der Waals surface area (Å²) in [4.78, 5) is 26.7. The lowest BCUT2D eigenvalue weighted by molar-refractivity contribution is -0.225. The van der Waals surface area contributed by atoms with Crippen molar-refractivity contribution >= 4 is 17.6 Å². The average Bonchev–Trinajstić information content (AvgIpc) is 2.80. The van der Waals surface area contributed by atoms with Crippen LogP contribution in [-0.2, 0) is 37.7 Å². The first-order valence-corrected chi connectivity index (χ1v) is 9.17. The monoisotopic (exact) mass is 344 g/mol. The van der Waals surface area contributed by atoms with Gasteiger partial charge in [-0.3, -0.25) is 9.59 Å². The van der Waals surface area contributed by atoms with Gasteiger partial charge in [0.1, 0.15) is 0 Å². The van der Waals surface area contributed by atoms with Gasteiger partial charge < -0.3 is 19.7 Å². The van der Waals surface area contributed by atoms with Crippen molar-refractivity contribution in [3.8, 4) is 0 Å². The molecule has 3 aliphatic rings. The average molecular weight is 344 g/mol. The molecule has 6 heteroatoms. The second-order valence-electron chi connectivity index (χ2n) is 6.92. The van der Waals surface area contributed by atoms with Gasteiger partial charge in [-0.25, -0.2) is 0 Å². The zero-order valence-corrected chi connectivity index (χ0v) is 14.6. The number of esters is 2. The van der Waals surface area contributed by atoms with E-state index in [2.05, 4.69) is 23.2 Å². The van der Waals surface area contributed by atoms with Crippen molar-refractivity contribution in [2.24, 2.45) is 0 Å². The van der Waals surface area contributed by atoms with E-state index in [-0.39, 0.29) is 24.8 Å². The number of rotatable bonds is 2. The minimum Gasteiger partial charge on any atom is -0.416 e. The predicted octanol–water partition coefficient (Wildman–Crippen LogP) is 1.64. The molecular formula is C19H24N2O4. The van der Waals surface area contributed by atoms with Crippen LogP contribution < -0.4 is 10.2 Å². The van der Waals surface area contributed by atoms with E-state index >= 15 is 0 Å². The normalized spacial score (nSPS) is 22.4. The third kappa shape index (κ3) is 2.78. The Kier molecular flexibility index (Phi) is 4.15. The number of fused-ring (bicyclic) bond motifs is 2. The lowest BCUT2D eigenvalue weighted by Gasteiger charge is -2.38. The second-order valence-corrected chi connectivity index (χ2v) is 6.92. The molecule has 134 valence electrons. The molecule has 25 heavy (non-hydrogen) atoms. The maximum absolute atomic E-state index is 12.1. The van der Waals surface area contributed by atoms with E-state index in [4.69, 9.17) is 9.47 Å². The van der Waals surface area contributed by atoms with Crippen LogP contribution in [0.2, 0.25) is 0 Å². The fourth-order valence-corrected chi connectivity index (χ4v) is 3.95. The second kappa shape index (κ2) is 6.33. The van der Waals surface area contributed by atoms with Crippen molar-refractivity contribution in [3.05, 3.63) is 28.8 Å². The van der Waals surface area contributed by atoms with Crippen molar-refractivity contribution in [3.63, 3.8) is 0 Å². The molecule has 0 aromatic heterocycles. The molecule has 0 bridgehead atoms.